The number of methoxy groups -OCH3 is 1. The molecule has 1 saturated heterocycles. The Morgan fingerprint density at radius 2 is 2.29 bits per heavy atom. The molecular weight excluding hydrogens is 270 g/mol. The van der Waals surface area contributed by atoms with E-state index in [9.17, 15) is 5.11 Å². The predicted octanol–water partition coefficient (Wildman–Crippen LogP) is 1.51. The molecule has 0 bridgehead atoms. The zero-order valence-electron chi connectivity index (χ0n) is 13.0. The molecule has 0 aromatic heterocycles. The first kappa shape index (κ1) is 16.2. The summed E-state index contributed by atoms with van der Waals surface area (Å²) in [7, 11) is 1.61. The van der Waals surface area contributed by atoms with Crippen molar-refractivity contribution < 1.29 is 19.3 Å². The van der Waals surface area contributed by atoms with Gasteiger partial charge in [0.05, 0.1) is 32.0 Å². The topological polar surface area (TPSA) is 60.0 Å². The molecule has 2 atom stereocenters. The molecule has 0 radical (unpaired) electrons. The summed E-state index contributed by atoms with van der Waals surface area (Å²) in [6, 6.07) is 7.38. The number of hydrogen-bond donors (Lipinski definition) is 2. The number of rotatable bonds is 6. The number of ether oxygens (including phenoxy) is 3. The maximum Gasteiger partial charge on any atom is 0.119 e. The first-order valence-corrected chi connectivity index (χ1v) is 7.28. The number of benzene rings is 1. The lowest BCUT2D eigenvalue weighted by atomic mass is 10.1. The van der Waals surface area contributed by atoms with Gasteiger partial charge >= 0.3 is 0 Å². The van der Waals surface area contributed by atoms with Crippen LogP contribution in [0.1, 0.15) is 25.5 Å². The first-order valence-electron chi connectivity index (χ1n) is 7.28. The van der Waals surface area contributed by atoms with Crippen LogP contribution in [0.3, 0.4) is 0 Å². The number of nitrogens with one attached hydrogen (secondary N) is 1. The molecule has 0 saturated carbocycles. The van der Waals surface area contributed by atoms with E-state index in [-0.39, 0.29) is 18.3 Å². The Morgan fingerprint density at radius 3 is 3.00 bits per heavy atom. The molecule has 0 aliphatic carbocycles. The zero-order valence-corrected chi connectivity index (χ0v) is 13.0. The molecule has 0 amide bonds. The minimum absolute atomic E-state index is 0.0197. The van der Waals surface area contributed by atoms with Crippen LogP contribution in [0.4, 0.5) is 0 Å². The Labute approximate surface area is 126 Å². The van der Waals surface area contributed by atoms with E-state index in [1.165, 1.54) is 0 Å². The van der Waals surface area contributed by atoms with Gasteiger partial charge in [-0.25, -0.2) is 0 Å². The van der Waals surface area contributed by atoms with Crippen LogP contribution in [0.2, 0.25) is 0 Å². The molecule has 2 N–H and O–H groups in total. The number of aliphatic hydroxyl groups is 1. The van der Waals surface area contributed by atoms with Crippen molar-refractivity contribution in [2.24, 2.45) is 0 Å². The Hall–Kier alpha value is -1.14. The summed E-state index contributed by atoms with van der Waals surface area (Å²) < 4.78 is 16.7. The van der Waals surface area contributed by atoms with Crippen LogP contribution in [-0.2, 0) is 9.47 Å². The van der Waals surface area contributed by atoms with Gasteiger partial charge in [0.1, 0.15) is 11.9 Å². The molecule has 5 nitrogen and oxygen atoms in total. The third-order valence-electron chi connectivity index (χ3n) is 3.47. The van der Waals surface area contributed by atoms with Gasteiger partial charge in [0.15, 0.2) is 0 Å². The maximum absolute atomic E-state index is 10.1. The van der Waals surface area contributed by atoms with E-state index in [1.54, 1.807) is 7.11 Å². The lowest BCUT2D eigenvalue weighted by Gasteiger charge is -2.36. The fourth-order valence-corrected chi connectivity index (χ4v) is 2.42. The summed E-state index contributed by atoms with van der Waals surface area (Å²) in [4.78, 5) is 0. The molecule has 118 valence electrons. The van der Waals surface area contributed by atoms with E-state index >= 15 is 0 Å². The number of hydrogen-bond acceptors (Lipinski definition) is 5. The average Bonchev–Trinajstić information content (AvgIpc) is 2.46. The van der Waals surface area contributed by atoms with Crippen LogP contribution in [0.25, 0.3) is 0 Å². The molecule has 5 heteroatoms. The molecule has 0 spiro atoms. The summed E-state index contributed by atoms with van der Waals surface area (Å²) in [6.45, 7) is 6.44. The van der Waals surface area contributed by atoms with E-state index in [0.717, 1.165) is 24.4 Å². The van der Waals surface area contributed by atoms with Gasteiger partial charge in [-0.3, -0.25) is 0 Å². The Morgan fingerprint density at radius 1 is 1.48 bits per heavy atom. The van der Waals surface area contributed by atoms with Crippen LogP contribution in [0, 0.1) is 0 Å². The van der Waals surface area contributed by atoms with Gasteiger partial charge < -0.3 is 24.6 Å². The Kier molecular flexibility index (Phi) is 5.58. The van der Waals surface area contributed by atoms with Crippen molar-refractivity contribution >= 4 is 0 Å². The van der Waals surface area contributed by atoms with Crippen molar-refractivity contribution in [1.29, 1.82) is 0 Å². The van der Waals surface area contributed by atoms with Gasteiger partial charge in [-0.2, -0.15) is 0 Å². The second kappa shape index (κ2) is 7.22. The Bertz CT molecular complexity index is 450. The van der Waals surface area contributed by atoms with Crippen molar-refractivity contribution in [3.05, 3.63) is 29.8 Å². The number of morpholine rings is 1. The minimum atomic E-state index is -0.662. The fraction of sp³-hybridized carbons (Fsp3) is 0.625. The molecule has 1 fully saturated rings. The fourth-order valence-electron chi connectivity index (χ4n) is 2.42. The predicted molar refractivity (Wildman–Crippen MR) is 80.6 cm³/mol. The average molecular weight is 295 g/mol. The molecule has 21 heavy (non-hydrogen) atoms. The van der Waals surface area contributed by atoms with E-state index in [0.29, 0.717) is 6.61 Å². The van der Waals surface area contributed by atoms with Crippen LogP contribution in [0.15, 0.2) is 24.3 Å². The van der Waals surface area contributed by atoms with Crippen LogP contribution in [-0.4, -0.2) is 50.2 Å². The standard InChI is InChI=1S/C16H25NO4/c1-16(2)11-17-8-14(21-16)9-20-10-15(18)12-5-4-6-13(7-12)19-3/h4-7,14-15,17-18H,8-11H2,1-3H3. The summed E-state index contributed by atoms with van der Waals surface area (Å²) in [5, 5.41) is 13.5. The van der Waals surface area contributed by atoms with E-state index in [4.69, 9.17) is 14.2 Å². The molecule has 1 heterocycles. The van der Waals surface area contributed by atoms with Crippen LogP contribution >= 0.6 is 0 Å². The molecule has 1 aromatic carbocycles. The minimum Gasteiger partial charge on any atom is -0.497 e. The molecule has 1 aliphatic heterocycles. The van der Waals surface area contributed by atoms with E-state index < -0.39 is 6.10 Å². The highest BCUT2D eigenvalue weighted by atomic mass is 16.6. The van der Waals surface area contributed by atoms with Crippen molar-refractivity contribution in [3.63, 3.8) is 0 Å². The third-order valence-corrected chi connectivity index (χ3v) is 3.47. The van der Waals surface area contributed by atoms with Crippen molar-refractivity contribution in [2.75, 3.05) is 33.4 Å². The van der Waals surface area contributed by atoms with Gasteiger partial charge in [0.2, 0.25) is 0 Å². The summed E-state index contributed by atoms with van der Waals surface area (Å²) >= 11 is 0. The van der Waals surface area contributed by atoms with Crippen molar-refractivity contribution in [2.45, 2.75) is 31.7 Å². The van der Waals surface area contributed by atoms with E-state index in [2.05, 4.69) is 19.2 Å². The molecule has 2 rings (SSSR count). The van der Waals surface area contributed by atoms with Crippen LogP contribution < -0.4 is 10.1 Å². The first-order chi connectivity index (χ1) is 10.00. The Balaban J connectivity index is 1.77. The number of aliphatic hydroxyl groups excluding tert-OH is 1. The second-order valence-electron chi connectivity index (χ2n) is 5.96. The van der Waals surface area contributed by atoms with Gasteiger partial charge in [-0.05, 0) is 31.5 Å². The van der Waals surface area contributed by atoms with Gasteiger partial charge in [0.25, 0.3) is 0 Å². The summed E-state index contributed by atoms with van der Waals surface area (Å²) in [5.41, 5.74) is 0.620. The largest absolute Gasteiger partial charge is 0.497 e. The SMILES string of the molecule is COc1cccc(C(O)COCC2CNCC(C)(C)O2)c1. The van der Waals surface area contributed by atoms with Crippen molar-refractivity contribution in [3.8, 4) is 5.75 Å². The highest BCUT2D eigenvalue weighted by molar-refractivity contribution is 5.29. The maximum atomic E-state index is 10.1. The second-order valence-corrected chi connectivity index (χ2v) is 5.96. The highest BCUT2D eigenvalue weighted by Crippen LogP contribution is 2.20. The highest BCUT2D eigenvalue weighted by Gasteiger charge is 2.28. The van der Waals surface area contributed by atoms with Gasteiger partial charge in [-0.1, -0.05) is 12.1 Å². The third kappa shape index (κ3) is 4.97. The monoisotopic (exact) mass is 295 g/mol. The lowest BCUT2D eigenvalue weighted by Crippen LogP contribution is -2.51. The zero-order chi connectivity index (χ0) is 15.3. The molecule has 1 aromatic rings. The molecular formula is C16H25NO4. The summed E-state index contributed by atoms with van der Waals surface area (Å²) in [6.07, 6.45) is -0.643. The lowest BCUT2D eigenvalue weighted by molar-refractivity contribution is -0.125. The smallest absolute Gasteiger partial charge is 0.119 e. The molecule has 1 aliphatic rings. The normalized spacial score (nSPS) is 22.8. The van der Waals surface area contributed by atoms with Crippen molar-refractivity contribution in [1.82, 2.24) is 5.32 Å². The quantitative estimate of drug-likeness (QED) is 0.833. The summed E-state index contributed by atoms with van der Waals surface area (Å²) in [5.74, 6) is 0.730. The van der Waals surface area contributed by atoms with Gasteiger partial charge in [-0.15, -0.1) is 0 Å². The molecule has 2 unspecified atom stereocenters. The van der Waals surface area contributed by atoms with Crippen LogP contribution in [0.5, 0.6) is 5.75 Å². The van der Waals surface area contributed by atoms with Gasteiger partial charge in [0, 0.05) is 13.1 Å². The van der Waals surface area contributed by atoms with E-state index in [1.807, 2.05) is 24.3 Å².